The molecule has 5 rings (SSSR count). The highest BCUT2D eigenvalue weighted by Crippen LogP contribution is 2.54. The molecule has 1 amide bonds. The lowest BCUT2D eigenvalue weighted by Gasteiger charge is -2.29. The maximum absolute atomic E-state index is 12.4. The van der Waals surface area contributed by atoms with Crippen LogP contribution in [0.5, 0.6) is 0 Å². The Hall–Kier alpha value is -1.76. The molecule has 3 aliphatic rings. The smallest absolute Gasteiger partial charge is 0.252 e. The van der Waals surface area contributed by atoms with Crippen molar-refractivity contribution in [3.05, 3.63) is 52.0 Å². The summed E-state index contributed by atoms with van der Waals surface area (Å²) in [7, 11) is 0. The van der Waals surface area contributed by atoms with E-state index in [1.807, 2.05) is 11.3 Å². The molecule has 5 heterocycles. The summed E-state index contributed by atoms with van der Waals surface area (Å²) in [6.07, 6.45) is 5.89. The Bertz CT molecular complexity index is 839. The molecule has 5 nitrogen and oxygen atoms in total. The Labute approximate surface area is 163 Å². The molecule has 0 radical (unpaired) electrons. The SMILES string of the molecule is Cc1ccc(CN2C[C@@H]3[C@H](CNC(=O)c4cccnc4)[C@H]4CC[C@]3(C2)O4)s1. The number of likely N-dealkylation sites (tertiary alicyclic amines) is 1. The second kappa shape index (κ2) is 6.69. The molecule has 1 spiro atoms. The van der Waals surface area contributed by atoms with Crippen molar-refractivity contribution in [2.24, 2.45) is 11.8 Å². The molecule has 3 aliphatic heterocycles. The highest BCUT2D eigenvalue weighted by atomic mass is 32.1. The highest BCUT2D eigenvalue weighted by Gasteiger charge is 2.62. The fourth-order valence-corrected chi connectivity index (χ4v) is 6.21. The fraction of sp³-hybridized carbons (Fsp3) is 0.524. The van der Waals surface area contributed by atoms with Gasteiger partial charge in [0.2, 0.25) is 0 Å². The zero-order valence-corrected chi connectivity index (χ0v) is 16.4. The summed E-state index contributed by atoms with van der Waals surface area (Å²) in [4.78, 5) is 21.8. The van der Waals surface area contributed by atoms with Crippen molar-refractivity contribution >= 4 is 17.2 Å². The average molecular weight is 384 g/mol. The molecule has 142 valence electrons. The third-order valence-corrected chi connectivity index (χ3v) is 7.44. The van der Waals surface area contributed by atoms with E-state index in [0.717, 1.165) is 32.5 Å². The van der Waals surface area contributed by atoms with Crippen LogP contribution < -0.4 is 5.32 Å². The molecule has 2 aromatic rings. The van der Waals surface area contributed by atoms with E-state index in [0.29, 0.717) is 30.0 Å². The average Bonchev–Trinajstić information content (AvgIpc) is 3.41. The number of hydrogen-bond donors (Lipinski definition) is 1. The number of rotatable bonds is 5. The molecule has 27 heavy (non-hydrogen) atoms. The lowest BCUT2D eigenvalue weighted by molar-refractivity contribution is 0.00219. The van der Waals surface area contributed by atoms with E-state index in [1.54, 1.807) is 24.5 Å². The van der Waals surface area contributed by atoms with Gasteiger partial charge >= 0.3 is 0 Å². The second-order valence-corrected chi connectivity index (χ2v) is 9.54. The van der Waals surface area contributed by atoms with Crippen molar-refractivity contribution in [1.29, 1.82) is 0 Å². The molecule has 3 saturated heterocycles. The number of thiophene rings is 1. The zero-order chi connectivity index (χ0) is 18.4. The molecule has 3 fully saturated rings. The lowest BCUT2D eigenvalue weighted by atomic mass is 9.73. The van der Waals surface area contributed by atoms with Gasteiger partial charge in [0.15, 0.2) is 0 Å². The first kappa shape index (κ1) is 17.3. The number of nitrogens with one attached hydrogen (secondary N) is 1. The van der Waals surface area contributed by atoms with Crippen molar-refractivity contribution < 1.29 is 9.53 Å². The van der Waals surface area contributed by atoms with Crippen LogP contribution in [0.4, 0.5) is 0 Å². The summed E-state index contributed by atoms with van der Waals surface area (Å²) in [5.74, 6) is 0.893. The summed E-state index contributed by atoms with van der Waals surface area (Å²) < 4.78 is 6.51. The van der Waals surface area contributed by atoms with Crippen LogP contribution in [0.15, 0.2) is 36.7 Å². The number of carbonyl (C=O) groups excluding carboxylic acids is 1. The van der Waals surface area contributed by atoms with Crippen molar-refractivity contribution in [1.82, 2.24) is 15.2 Å². The highest BCUT2D eigenvalue weighted by molar-refractivity contribution is 7.11. The largest absolute Gasteiger partial charge is 0.370 e. The minimum absolute atomic E-state index is 0.0146. The summed E-state index contributed by atoms with van der Waals surface area (Å²) in [5.41, 5.74) is 0.637. The quantitative estimate of drug-likeness (QED) is 0.863. The van der Waals surface area contributed by atoms with Gasteiger partial charge in [-0.3, -0.25) is 14.7 Å². The van der Waals surface area contributed by atoms with Gasteiger partial charge in [0.05, 0.1) is 17.3 Å². The van der Waals surface area contributed by atoms with Crippen LogP contribution in [0.3, 0.4) is 0 Å². The number of amides is 1. The number of hydrogen-bond acceptors (Lipinski definition) is 5. The molecule has 4 atom stereocenters. The standard InChI is InChI=1S/C21H25N3O2S/c1-14-4-5-16(27-14)11-24-12-18-17(19-6-7-21(18,13-24)26-19)10-23-20(25)15-3-2-8-22-9-15/h2-5,8-9,17-19H,6-7,10-13H2,1H3,(H,23,25)/t17-,18+,19+,21+/m0/s1. The summed E-state index contributed by atoms with van der Waals surface area (Å²) in [6.45, 7) is 5.96. The summed E-state index contributed by atoms with van der Waals surface area (Å²) in [6, 6.07) is 8.05. The maximum atomic E-state index is 12.4. The van der Waals surface area contributed by atoms with E-state index in [2.05, 4.69) is 34.3 Å². The number of ether oxygens (including phenoxy) is 1. The van der Waals surface area contributed by atoms with E-state index in [4.69, 9.17) is 4.74 Å². The molecule has 2 bridgehead atoms. The fourth-order valence-electron chi connectivity index (χ4n) is 5.28. The molecule has 0 saturated carbocycles. The van der Waals surface area contributed by atoms with E-state index in [1.165, 1.54) is 9.75 Å². The van der Waals surface area contributed by atoms with E-state index in [9.17, 15) is 4.79 Å². The van der Waals surface area contributed by atoms with Gasteiger partial charge in [-0.1, -0.05) is 0 Å². The number of aryl methyl sites for hydroxylation is 1. The normalized spacial score (nSPS) is 32.0. The maximum Gasteiger partial charge on any atom is 0.252 e. The third-order valence-electron chi connectivity index (χ3n) is 6.45. The molecular formula is C21H25N3O2S. The van der Waals surface area contributed by atoms with Crippen LogP contribution in [0.2, 0.25) is 0 Å². The van der Waals surface area contributed by atoms with Crippen molar-refractivity contribution in [3.63, 3.8) is 0 Å². The summed E-state index contributed by atoms with van der Waals surface area (Å²) in [5, 5.41) is 3.13. The molecule has 2 aromatic heterocycles. The zero-order valence-electron chi connectivity index (χ0n) is 15.6. The third kappa shape index (κ3) is 3.10. The lowest BCUT2D eigenvalue weighted by Crippen LogP contribution is -2.41. The molecule has 6 heteroatoms. The van der Waals surface area contributed by atoms with Gasteiger partial charge in [0.1, 0.15) is 0 Å². The van der Waals surface area contributed by atoms with Gasteiger partial charge in [-0.15, -0.1) is 11.3 Å². The van der Waals surface area contributed by atoms with Gasteiger partial charge in [-0.25, -0.2) is 0 Å². The number of nitrogens with zero attached hydrogens (tertiary/aromatic N) is 2. The van der Waals surface area contributed by atoms with Crippen LogP contribution in [0.1, 0.15) is 33.0 Å². The van der Waals surface area contributed by atoms with E-state index in [-0.39, 0.29) is 11.5 Å². The first-order valence-electron chi connectivity index (χ1n) is 9.77. The van der Waals surface area contributed by atoms with Crippen LogP contribution in [-0.4, -0.2) is 47.1 Å². The van der Waals surface area contributed by atoms with E-state index >= 15 is 0 Å². The van der Waals surface area contributed by atoms with Crippen LogP contribution in [0, 0.1) is 18.8 Å². The van der Waals surface area contributed by atoms with Crippen molar-refractivity contribution in [2.75, 3.05) is 19.6 Å². The Morgan fingerprint density at radius 2 is 2.37 bits per heavy atom. The molecular weight excluding hydrogens is 358 g/mol. The Balaban J connectivity index is 1.25. The predicted molar refractivity (Wildman–Crippen MR) is 105 cm³/mol. The predicted octanol–water partition coefficient (Wildman–Crippen LogP) is 2.86. The minimum atomic E-state index is -0.0381. The van der Waals surface area contributed by atoms with Crippen molar-refractivity contribution in [2.45, 2.75) is 38.0 Å². The van der Waals surface area contributed by atoms with Crippen LogP contribution in [-0.2, 0) is 11.3 Å². The summed E-state index contributed by atoms with van der Waals surface area (Å²) >= 11 is 1.89. The van der Waals surface area contributed by atoms with Crippen molar-refractivity contribution in [3.8, 4) is 0 Å². The number of pyridine rings is 1. The Morgan fingerprint density at radius 1 is 1.44 bits per heavy atom. The monoisotopic (exact) mass is 383 g/mol. The number of carbonyl (C=O) groups is 1. The first-order chi connectivity index (χ1) is 13.1. The minimum Gasteiger partial charge on any atom is -0.370 e. The van der Waals surface area contributed by atoms with Gasteiger partial charge in [0.25, 0.3) is 5.91 Å². The van der Waals surface area contributed by atoms with Crippen LogP contribution in [0.25, 0.3) is 0 Å². The van der Waals surface area contributed by atoms with Gasteiger partial charge in [0, 0.05) is 60.2 Å². The molecule has 1 N–H and O–H groups in total. The molecule has 0 unspecified atom stereocenters. The van der Waals surface area contributed by atoms with Crippen LogP contribution >= 0.6 is 11.3 Å². The van der Waals surface area contributed by atoms with Gasteiger partial charge in [-0.2, -0.15) is 0 Å². The van der Waals surface area contributed by atoms with Gasteiger partial charge < -0.3 is 10.1 Å². The van der Waals surface area contributed by atoms with E-state index < -0.39 is 0 Å². The topological polar surface area (TPSA) is 54.5 Å². The Morgan fingerprint density at radius 3 is 3.15 bits per heavy atom. The Kier molecular flexibility index (Phi) is 4.30. The number of fused-ring (bicyclic) bond motifs is 1. The molecule has 0 aromatic carbocycles. The molecule has 0 aliphatic carbocycles. The second-order valence-electron chi connectivity index (χ2n) is 8.16. The first-order valence-corrected chi connectivity index (χ1v) is 10.6. The van der Waals surface area contributed by atoms with Gasteiger partial charge in [-0.05, 0) is 44.0 Å². The number of aromatic nitrogens is 1.